The second-order valence-electron chi connectivity index (χ2n) is 6.58. The number of aromatic nitrogens is 2. The molecule has 1 aliphatic heterocycles. The molecule has 0 saturated carbocycles. The highest BCUT2D eigenvalue weighted by Gasteiger charge is 2.38. The molecule has 6 nitrogen and oxygen atoms in total. The summed E-state index contributed by atoms with van der Waals surface area (Å²) in [6.45, 7) is 4.07. The van der Waals surface area contributed by atoms with Crippen LogP contribution in [0.5, 0.6) is 11.6 Å². The van der Waals surface area contributed by atoms with Crippen molar-refractivity contribution >= 4 is 34.5 Å². The molecule has 0 saturated heterocycles. The first-order valence-corrected chi connectivity index (χ1v) is 10.2. The SMILES string of the molecule is COc1c(Cl)cc(Cl)cc1[C@@H]1C(C#N)=C(N)Oc2n[nH]c(-c3cc(C)sc3C)c21. The fraction of sp³-hybridized carbons (Fsp3) is 0.200. The van der Waals surface area contributed by atoms with Gasteiger partial charge in [0.05, 0.1) is 29.3 Å². The lowest BCUT2D eigenvalue weighted by molar-refractivity contribution is 0.375. The summed E-state index contributed by atoms with van der Waals surface area (Å²) in [5, 5.41) is 18.0. The topological polar surface area (TPSA) is 96.9 Å². The van der Waals surface area contributed by atoms with Crippen LogP contribution in [0.4, 0.5) is 0 Å². The number of rotatable bonds is 3. The molecule has 9 heteroatoms. The first-order valence-electron chi connectivity index (χ1n) is 8.61. The van der Waals surface area contributed by atoms with Crippen LogP contribution in [0.25, 0.3) is 11.3 Å². The van der Waals surface area contributed by atoms with Crippen molar-refractivity contribution in [3.05, 3.63) is 60.6 Å². The van der Waals surface area contributed by atoms with Gasteiger partial charge in [0, 0.05) is 25.9 Å². The van der Waals surface area contributed by atoms with Crippen molar-refractivity contribution in [2.75, 3.05) is 7.11 Å². The van der Waals surface area contributed by atoms with E-state index in [0.29, 0.717) is 32.8 Å². The van der Waals surface area contributed by atoms with Gasteiger partial charge in [0.15, 0.2) is 0 Å². The molecular weight excluding hydrogens is 431 g/mol. The van der Waals surface area contributed by atoms with Crippen molar-refractivity contribution in [1.82, 2.24) is 10.2 Å². The van der Waals surface area contributed by atoms with E-state index in [4.69, 9.17) is 38.4 Å². The standard InChI is InChI=1S/C20H16Cl2N4O2S/c1-8-4-11(9(2)29-8)17-16-15(12-5-10(21)6-14(22)18(12)27-3)13(7-23)19(24)28-20(16)26-25-17/h4-6,15H,24H2,1-3H3,(H,25,26)/t15-/m1/s1. The molecule has 148 valence electrons. The molecule has 29 heavy (non-hydrogen) atoms. The summed E-state index contributed by atoms with van der Waals surface area (Å²) in [6.07, 6.45) is 0. The fourth-order valence-corrected chi connectivity index (χ4v) is 5.17. The van der Waals surface area contributed by atoms with E-state index in [1.54, 1.807) is 23.5 Å². The van der Waals surface area contributed by atoms with E-state index < -0.39 is 5.92 Å². The van der Waals surface area contributed by atoms with Crippen LogP contribution in [-0.4, -0.2) is 17.3 Å². The molecule has 0 spiro atoms. The van der Waals surface area contributed by atoms with Gasteiger partial charge in [-0.15, -0.1) is 16.4 Å². The first-order chi connectivity index (χ1) is 13.8. The fourth-order valence-electron chi connectivity index (χ4n) is 3.65. The summed E-state index contributed by atoms with van der Waals surface area (Å²) < 4.78 is 11.2. The van der Waals surface area contributed by atoms with Crippen molar-refractivity contribution < 1.29 is 9.47 Å². The molecule has 0 amide bonds. The minimum absolute atomic E-state index is 0.0144. The predicted molar refractivity (Wildman–Crippen MR) is 114 cm³/mol. The lowest BCUT2D eigenvalue weighted by atomic mass is 9.82. The number of ether oxygens (including phenoxy) is 2. The van der Waals surface area contributed by atoms with Crippen molar-refractivity contribution in [3.8, 4) is 29.0 Å². The van der Waals surface area contributed by atoms with Gasteiger partial charge < -0.3 is 15.2 Å². The molecule has 0 unspecified atom stereocenters. The largest absolute Gasteiger partial charge is 0.495 e. The van der Waals surface area contributed by atoms with Gasteiger partial charge in [0.1, 0.15) is 17.4 Å². The van der Waals surface area contributed by atoms with E-state index in [0.717, 1.165) is 21.0 Å². The minimum atomic E-state index is -0.608. The van der Waals surface area contributed by atoms with Crippen molar-refractivity contribution in [3.63, 3.8) is 0 Å². The molecule has 0 radical (unpaired) electrons. The number of thiophene rings is 1. The highest BCUT2D eigenvalue weighted by molar-refractivity contribution is 7.12. The Kier molecular flexibility index (Phi) is 4.95. The van der Waals surface area contributed by atoms with E-state index in [9.17, 15) is 5.26 Å². The van der Waals surface area contributed by atoms with Crippen LogP contribution in [0.1, 0.15) is 26.8 Å². The summed E-state index contributed by atoms with van der Waals surface area (Å²) in [6, 6.07) is 7.55. The lowest BCUT2D eigenvalue weighted by Crippen LogP contribution is -2.21. The second kappa shape index (κ2) is 7.30. The lowest BCUT2D eigenvalue weighted by Gasteiger charge is -2.26. The summed E-state index contributed by atoms with van der Waals surface area (Å²) in [4.78, 5) is 2.28. The number of H-pyrrole nitrogens is 1. The number of nitrogens with two attached hydrogens (primary N) is 1. The van der Waals surface area contributed by atoms with Crippen LogP contribution in [0, 0.1) is 25.2 Å². The Hall–Kier alpha value is -2.66. The predicted octanol–water partition coefficient (Wildman–Crippen LogP) is 5.29. The van der Waals surface area contributed by atoms with Gasteiger partial charge in [-0.2, -0.15) is 5.26 Å². The summed E-state index contributed by atoms with van der Waals surface area (Å²) in [7, 11) is 1.51. The molecule has 3 aromatic rings. The average molecular weight is 447 g/mol. The third-order valence-electron chi connectivity index (χ3n) is 4.80. The molecule has 0 bridgehead atoms. The van der Waals surface area contributed by atoms with Gasteiger partial charge in [-0.1, -0.05) is 23.2 Å². The van der Waals surface area contributed by atoms with E-state index in [2.05, 4.69) is 22.3 Å². The van der Waals surface area contributed by atoms with Crippen LogP contribution in [-0.2, 0) is 0 Å². The number of aryl methyl sites for hydroxylation is 2. The minimum Gasteiger partial charge on any atom is -0.495 e. The summed E-state index contributed by atoms with van der Waals surface area (Å²) in [5.74, 6) is 0.102. The normalized spacial score (nSPS) is 15.7. The van der Waals surface area contributed by atoms with E-state index in [1.165, 1.54) is 7.11 Å². The third-order valence-corrected chi connectivity index (χ3v) is 6.27. The Bertz CT molecular complexity index is 1210. The zero-order valence-corrected chi connectivity index (χ0v) is 18.1. The molecular formula is C20H16Cl2N4O2S. The molecule has 0 aliphatic carbocycles. The van der Waals surface area contributed by atoms with Crippen LogP contribution < -0.4 is 15.2 Å². The highest BCUT2D eigenvalue weighted by atomic mass is 35.5. The monoisotopic (exact) mass is 446 g/mol. The van der Waals surface area contributed by atoms with Gasteiger partial charge in [-0.25, -0.2) is 0 Å². The third kappa shape index (κ3) is 3.14. The Balaban J connectivity index is 2.04. The second-order valence-corrected chi connectivity index (χ2v) is 8.88. The number of nitrogens with zero attached hydrogens (tertiary/aromatic N) is 2. The van der Waals surface area contributed by atoms with Crippen molar-refractivity contribution in [1.29, 1.82) is 5.26 Å². The van der Waals surface area contributed by atoms with Crippen molar-refractivity contribution in [2.24, 2.45) is 5.73 Å². The molecule has 1 aromatic carbocycles. The number of hydrogen-bond acceptors (Lipinski definition) is 6. The zero-order chi connectivity index (χ0) is 20.9. The number of fused-ring (bicyclic) bond motifs is 1. The number of nitriles is 1. The van der Waals surface area contributed by atoms with Gasteiger partial charge >= 0.3 is 0 Å². The number of benzene rings is 1. The number of methoxy groups -OCH3 is 1. The maximum Gasteiger partial charge on any atom is 0.244 e. The van der Waals surface area contributed by atoms with Gasteiger partial charge in [-0.3, -0.25) is 5.10 Å². The average Bonchev–Trinajstić information content (AvgIpc) is 3.21. The summed E-state index contributed by atoms with van der Waals surface area (Å²) in [5.41, 5.74) is 9.34. The zero-order valence-electron chi connectivity index (χ0n) is 15.8. The molecule has 2 aromatic heterocycles. The van der Waals surface area contributed by atoms with Crippen LogP contribution >= 0.6 is 34.5 Å². The molecule has 1 atom stereocenters. The molecule has 1 aliphatic rings. The Morgan fingerprint density at radius 1 is 1.31 bits per heavy atom. The molecule has 4 rings (SSSR count). The Morgan fingerprint density at radius 3 is 2.69 bits per heavy atom. The number of halogens is 2. The Labute approximate surface area is 181 Å². The summed E-state index contributed by atoms with van der Waals surface area (Å²) >= 11 is 14.3. The van der Waals surface area contributed by atoms with E-state index >= 15 is 0 Å². The quantitative estimate of drug-likeness (QED) is 0.569. The van der Waals surface area contributed by atoms with Crippen LogP contribution in [0.15, 0.2) is 29.7 Å². The molecule has 0 fully saturated rings. The van der Waals surface area contributed by atoms with Crippen LogP contribution in [0.3, 0.4) is 0 Å². The molecule has 3 N–H and O–H groups in total. The van der Waals surface area contributed by atoms with E-state index in [-0.39, 0.29) is 11.5 Å². The number of aromatic amines is 1. The maximum absolute atomic E-state index is 9.88. The van der Waals surface area contributed by atoms with Crippen molar-refractivity contribution in [2.45, 2.75) is 19.8 Å². The Morgan fingerprint density at radius 2 is 2.07 bits per heavy atom. The van der Waals surface area contributed by atoms with Gasteiger partial charge in [0.2, 0.25) is 11.8 Å². The highest BCUT2D eigenvalue weighted by Crippen LogP contribution is 2.50. The number of hydrogen-bond donors (Lipinski definition) is 2. The number of allylic oxidation sites excluding steroid dienone is 1. The smallest absolute Gasteiger partial charge is 0.244 e. The van der Waals surface area contributed by atoms with E-state index in [1.807, 2.05) is 13.8 Å². The van der Waals surface area contributed by atoms with Gasteiger partial charge in [-0.05, 0) is 32.0 Å². The van der Waals surface area contributed by atoms with Crippen LogP contribution in [0.2, 0.25) is 10.0 Å². The number of nitrogens with one attached hydrogen (secondary N) is 1. The first kappa shape index (κ1) is 19.6. The maximum atomic E-state index is 9.88. The molecule has 3 heterocycles. The van der Waals surface area contributed by atoms with Gasteiger partial charge in [0.25, 0.3) is 0 Å².